The molecule has 28 heavy (non-hydrogen) atoms. The van der Waals surface area contributed by atoms with Gasteiger partial charge in [0.15, 0.2) is 5.13 Å². The molecular formula is C21H26N4O2S. The highest BCUT2D eigenvalue weighted by molar-refractivity contribution is 7.13. The van der Waals surface area contributed by atoms with Crippen molar-refractivity contribution in [1.29, 1.82) is 0 Å². The number of thiazole rings is 1. The van der Waals surface area contributed by atoms with Crippen LogP contribution < -0.4 is 10.2 Å². The summed E-state index contributed by atoms with van der Waals surface area (Å²) in [7, 11) is 0. The number of nitrogens with one attached hydrogen (secondary N) is 1. The van der Waals surface area contributed by atoms with Gasteiger partial charge in [0.25, 0.3) is 0 Å². The van der Waals surface area contributed by atoms with Crippen LogP contribution in [-0.2, 0) is 16.1 Å². The Kier molecular flexibility index (Phi) is 5.73. The van der Waals surface area contributed by atoms with Gasteiger partial charge in [-0.05, 0) is 45.0 Å². The third-order valence-electron chi connectivity index (χ3n) is 5.46. The molecule has 2 aliphatic rings. The van der Waals surface area contributed by atoms with E-state index < -0.39 is 0 Å². The van der Waals surface area contributed by atoms with Gasteiger partial charge in [0.1, 0.15) is 0 Å². The Labute approximate surface area is 169 Å². The Bertz CT molecular complexity index is 842. The molecule has 1 unspecified atom stereocenters. The van der Waals surface area contributed by atoms with Crippen molar-refractivity contribution in [2.24, 2.45) is 5.92 Å². The highest BCUT2D eigenvalue weighted by atomic mass is 32.1. The molecular weight excluding hydrogens is 372 g/mol. The predicted molar refractivity (Wildman–Crippen MR) is 112 cm³/mol. The zero-order valence-electron chi connectivity index (χ0n) is 16.2. The summed E-state index contributed by atoms with van der Waals surface area (Å²) in [5.74, 6) is -0.473. The smallest absolute Gasteiger partial charge is 0.231 e. The highest BCUT2D eigenvalue weighted by Crippen LogP contribution is 2.27. The number of nitrogens with zero attached hydrogens (tertiary/aromatic N) is 3. The Hall–Kier alpha value is -2.25. The van der Waals surface area contributed by atoms with Crippen molar-refractivity contribution >= 4 is 34.0 Å². The van der Waals surface area contributed by atoms with Gasteiger partial charge in [-0.15, -0.1) is 11.3 Å². The molecule has 1 aromatic heterocycles. The molecule has 2 aromatic rings. The average Bonchev–Trinajstić information content (AvgIpc) is 3.30. The molecule has 0 saturated carbocycles. The molecule has 0 bridgehead atoms. The van der Waals surface area contributed by atoms with E-state index in [1.165, 1.54) is 30.6 Å². The van der Waals surface area contributed by atoms with Crippen LogP contribution in [0.1, 0.15) is 36.9 Å². The monoisotopic (exact) mass is 398 g/mol. The van der Waals surface area contributed by atoms with E-state index in [0.717, 1.165) is 36.6 Å². The van der Waals surface area contributed by atoms with Crippen molar-refractivity contribution in [1.82, 2.24) is 9.88 Å². The second-order valence-corrected chi connectivity index (χ2v) is 8.57. The fourth-order valence-corrected chi connectivity index (χ4v) is 4.55. The molecule has 0 radical (unpaired) electrons. The topological polar surface area (TPSA) is 65.5 Å². The molecule has 0 aliphatic carbocycles. The van der Waals surface area contributed by atoms with Gasteiger partial charge in [0.2, 0.25) is 11.8 Å². The minimum Gasteiger partial charge on any atom is -0.312 e. The number of hydrogen-bond acceptors (Lipinski definition) is 5. The van der Waals surface area contributed by atoms with Crippen LogP contribution in [0.25, 0.3) is 0 Å². The van der Waals surface area contributed by atoms with Crippen molar-refractivity contribution in [2.45, 2.75) is 39.2 Å². The second kappa shape index (κ2) is 8.41. The number of hydrogen-bond donors (Lipinski definition) is 1. The Balaban J connectivity index is 1.34. The summed E-state index contributed by atoms with van der Waals surface area (Å²) >= 11 is 1.46. The molecule has 1 atom stereocenters. The summed E-state index contributed by atoms with van der Waals surface area (Å²) in [6.07, 6.45) is 4.06. The van der Waals surface area contributed by atoms with Crippen LogP contribution in [0.2, 0.25) is 0 Å². The van der Waals surface area contributed by atoms with Crippen molar-refractivity contribution in [3.63, 3.8) is 0 Å². The molecule has 6 nitrogen and oxygen atoms in total. The lowest BCUT2D eigenvalue weighted by atomic mass is 10.1. The van der Waals surface area contributed by atoms with Crippen molar-refractivity contribution < 1.29 is 9.59 Å². The van der Waals surface area contributed by atoms with Crippen LogP contribution in [0.5, 0.6) is 0 Å². The van der Waals surface area contributed by atoms with E-state index in [0.29, 0.717) is 11.7 Å². The number of benzene rings is 1. The molecule has 3 heterocycles. The molecule has 1 N–H and O–H groups in total. The van der Waals surface area contributed by atoms with Crippen LogP contribution in [0.15, 0.2) is 29.6 Å². The first-order chi connectivity index (χ1) is 13.6. The Morgan fingerprint density at radius 2 is 1.96 bits per heavy atom. The number of carbonyl (C=O) groups excluding carboxylic acids is 2. The van der Waals surface area contributed by atoms with E-state index in [1.54, 1.807) is 4.90 Å². The highest BCUT2D eigenvalue weighted by Gasteiger charge is 2.35. The summed E-state index contributed by atoms with van der Waals surface area (Å²) < 4.78 is 0. The minimum atomic E-state index is -0.344. The molecule has 0 spiro atoms. The molecule has 2 saturated heterocycles. The summed E-state index contributed by atoms with van der Waals surface area (Å²) in [6.45, 7) is 5.52. The summed E-state index contributed by atoms with van der Waals surface area (Å²) in [6, 6.07) is 7.83. The van der Waals surface area contributed by atoms with Crippen molar-refractivity contribution in [3.8, 4) is 0 Å². The van der Waals surface area contributed by atoms with Gasteiger partial charge in [0, 0.05) is 30.6 Å². The van der Waals surface area contributed by atoms with Gasteiger partial charge >= 0.3 is 0 Å². The fraction of sp³-hybridized carbons (Fsp3) is 0.476. The standard InChI is InChI=1S/C21H26N4O2S/c1-15-5-7-18(8-6-15)25-12-16(11-19(25)26)20(27)23-21-22-17(14-28-21)13-24-9-3-2-4-10-24/h5-8,14,16H,2-4,9-13H2,1H3,(H,22,23,27). The summed E-state index contributed by atoms with van der Waals surface area (Å²) in [4.78, 5) is 33.7. The third kappa shape index (κ3) is 4.42. The lowest BCUT2D eigenvalue weighted by Crippen LogP contribution is -2.29. The first-order valence-corrected chi connectivity index (χ1v) is 10.8. The maximum atomic E-state index is 12.7. The van der Waals surface area contributed by atoms with Crippen LogP contribution in [0.4, 0.5) is 10.8 Å². The maximum absolute atomic E-state index is 12.7. The van der Waals surface area contributed by atoms with Gasteiger partial charge in [0.05, 0.1) is 11.6 Å². The third-order valence-corrected chi connectivity index (χ3v) is 6.26. The minimum absolute atomic E-state index is 0.00562. The number of piperidine rings is 1. The van der Waals surface area contributed by atoms with E-state index >= 15 is 0 Å². The first kappa shape index (κ1) is 19.1. The molecule has 148 valence electrons. The Morgan fingerprint density at radius 1 is 1.21 bits per heavy atom. The van der Waals surface area contributed by atoms with Gasteiger partial charge in [-0.1, -0.05) is 24.1 Å². The van der Waals surface area contributed by atoms with Gasteiger partial charge < -0.3 is 10.2 Å². The number of likely N-dealkylation sites (tertiary alicyclic amines) is 1. The molecule has 7 heteroatoms. The SMILES string of the molecule is Cc1ccc(N2CC(C(=O)Nc3nc(CN4CCCCC4)cs3)CC2=O)cc1. The molecule has 1 aromatic carbocycles. The van der Waals surface area contributed by atoms with Crippen molar-refractivity contribution in [3.05, 3.63) is 40.9 Å². The largest absolute Gasteiger partial charge is 0.312 e. The fourth-order valence-electron chi connectivity index (χ4n) is 3.85. The normalized spacial score (nSPS) is 20.5. The van der Waals surface area contributed by atoms with Crippen molar-refractivity contribution in [2.75, 3.05) is 29.9 Å². The van der Waals surface area contributed by atoms with E-state index in [2.05, 4.69) is 15.2 Å². The zero-order valence-corrected chi connectivity index (χ0v) is 17.0. The van der Waals surface area contributed by atoms with Gasteiger partial charge in [-0.3, -0.25) is 14.5 Å². The van der Waals surface area contributed by atoms with E-state index in [9.17, 15) is 9.59 Å². The number of rotatable bonds is 5. The number of aromatic nitrogens is 1. The molecule has 4 rings (SSSR count). The lowest BCUT2D eigenvalue weighted by molar-refractivity contribution is -0.122. The number of aryl methyl sites for hydroxylation is 1. The van der Waals surface area contributed by atoms with Crippen LogP contribution in [0.3, 0.4) is 0 Å². The number of amides is 2. The zero-order chi connectivity index (χ0) is 19.5. The van der Waals surface area contributed by atoms with E-state index in [-0.39, 0.29) is 24.2 Å². The number of carbonyl (C=O) groups is 2. The summed E-state index contributed by atoms with van der Waals surface area (Å²) in [5, 5.41) is 5.55. The van der Waals surface area contributed by atoms with Crippen LogP contribution in [0, 0.1) is 12.8 Å². The quantitative estimate of drug-likeness (QED) is 0.838. The lowest BCUT2D eigenvalue weighted by Gasteiger charge is -2.25. The van der Waals surface area contributed by atoms with Gasteiger partial charge in [-0.2, -0.15) is 0 Å². The summed E-state index contributed by atoms with van der Waals surface area (Å²) in [5.41, 5.74) is 3.00. The first-order valence-electron chi connectivity index (χ1n) is 9.93. The Morgan fingerprint density at radius 3 is 2.71 bits per heavy atom. The molecule has 2 aliphatic heterocycles. The van der Waals surface area contributed by atoms with Gasteiger partial charge in [-0.25, -0.2) is 4.98 Å². The van der Waals surface area contributed by atoms with E-state index in [4.69, 9.17) is 0 Å². The predicted octanol–water partition coefficient (Wildman–Crippen LogP) is 3.43. The molecule has 2 amide bonds. The second-order valence-electron chi connectivity index (χ2n) is 7.71. The van der Waals surface area contributed by atoms with Crippen LogP contribution >= 0.6 is 11.3 Å². The molecule has 2 fully saturated rings. The average molecular weight is 399 g/mol. The van der Waals surface area contributed by atoms with Crippen LogP contribution in [-0.4, -0.2) is 41.3 Å². The van der Waals surface area contributed by atoms with E-state index in [1.807, 2.05) is 36.6 Å². The maximum Gasteiger partial charge on any atom is 0.231 e. The number of anilines is 2.